The van der Waals surface area contributed by atoms with Crippen LogP contribution in [0.1, 0.15) is 16.7 Å². The van der Waals surface area contributed by atoms with Gasteiger partial charge in [0.2, 0.25) is 5.91 Å². The van der Waals surface area contributed by atoms with E-state index in [2.05, 4.69) is 9.80 Å². The van der Waals surface area contributed by atoms with Crippen molar-refractivity contribution >= 4 is 5.91 Å². The second kappa shape index (κ2) is 8.96. The molecule has 2 aromatic rings. The fourth-order valence-corrected chi connectivity index (χ4v) is 4.29. The summed E-state index contributed by atoms with van der Waals surface area (Å²) in [5.74, 6) is -3.77. The molecule has 1 amide bonds. The summed E-state index contributed by atoms with van der Waals surface area (Å²) in [5, 5.41) is 0. The maximum atomic E-state index is 13.7. The van der Waals surface area contributed by atoms with Crippen LogP contribution in [0.25, 0.3) is 0 Å². The Kier molecular flexibility index (Phi) is 6.29. The average molecular weight is 435 g/mol. The van der Waals surface area contributed by atoms with Crippen molar-refractivity contribution in [3.05, 3.63) is 71.0 Å². The smallest absolute Gasteiger partial charge is 0.301 e. The number of piperazine rings is 2. The van der Waals surface area contributed by atoms with Gasteiger partial charge in [0, 0.05) is 51.4 Å². The first-order valence-corrected chi connectivity index (χ1v) is 10.4. The summed E-state index contributed by atoms with van der Waals surface area (Å²) in [6.45, 7) is 2.47. The van der Waals surface area contributed by atoms with Crippen LogP contribution in [-0.2, 0) is 23.8 Å². The molecule has 2 heterocycles. The molecular weight excluding hydrogens is 410 g/mol. The molecule has 2 aliphatic rings. The van der Waals surface area contributed by atoms with Crippen molar-refractivity contribution in [3.63, 3.8) is 0 Å². The van der Waals surface area contributed by atoms with E-state index in [0.717, 1.165) is 25.2 Å². The molecule has 2 aliphatic heterocycles. The highest BCUT2D eigenvalue weighted by atomic mass is 19.3. The topological polar surface area (TPSA) is 26.8 Å². The van der Waals surface area contributed by atoms with Crippen molar-refractivity contribution in [2.75, 3.05) is 39.4 Å². The van der Waals surface area contributed by atoms with Crippen molar-refractivity contribution in [3.8, 4) is 0 Å². The highest BCUT2D eigenvalue weighted by Gasteiger charge is 2.38. The van der Waals surface area contributed by atoms with Crippen molar-refractivity contribution in [2.45, 2.75) is 25.1 Å². The molecule has 0 aliphatic carbocycles. The number of carbonyl (C=O) groups is 1. The summed E-state index contributed by atoms with van der Waals surface area (Å²) in [6.07, 6.45) is 0. The second-order valence-electron chi connectivity index (χ2n) is 8.21. The number of hydrogen-bond donors (Lipinski definition) is 0. The van der Waals surface area contributed by atoms with Gasteiger partial charge < -0.3 is 4.90 Å². The summed E-state index contributed by atoms with van der Waals surface area (Å²) < 4.78 is 53.2. The van der Waals surface area contributed by atoms with Crippen LogP contribution < -0.4 is 0 Å². The number of amides is 1. The monoisotopic (exact) mass is 435 g/mol. The summed E-state index contributed by atoms with van der Waals surface area (Å²) >= 11 is 0. The minimum absolute atomic E-state index is 0.0259. The lowest BCUT2D eigenvalue weighted by molar-refractivity contribution is -0.146. The average Bonchev–Trinajstić information content (AvgIpc) is 2.78. The van der Waals surface area contributed by atoms with E-state index in [0.29, 0.717) is 31.7 Å². The van der Waals surface area contributed by atoms with E-state index in [1.807, 2.05) is 0 Å². The number of alkyl halides is 3. The van der Waals surface area contributed by atoms with E-state index in [9.17, 15) is 22.4 Å². The van der Waals surface area contributed by atoms with Gasteiger partial charge in [-0.1, -0.05) is 30.3 Å². The zero-order valence-electron chi connectivity index (χ0n) is 17.1. The van der Waals surface area contributed by atoms with E-state index in [1.54, 1.807) is 23.1 Å². The maximum Gasteiger partial charge on any atom is 0.301 e. The highest BCUT2D eigenvalue weighted by molar-refractivity contribution is 5.83. The van der Waals surface area contributed by atoms with Crippen molar-refractivity contribution in [1.82, 2.24) is 14.7 Å². The predicted molar refractivity (Wildman–Crippen MR) is 109 cm³/mol. The normalized spacial score (nSPS) is 20.7. The van der Waals surface area contributed by atoms with Gasteiger partial charge in [0.05, 0.1) is 0 Å². The molecule has 4 rings (SSSR count). The van der Waals surface area contributed by atoms with Crippen LogP contribution in [0.4, 0.5) is 17.6 Å². The molecule has 1 unspecified atom stereocenters. The van der Waals surface area contributed by atoms with E-state index in [1.165, 1.54) is 30.3 Å². The Labute approximate surface area is 179 Å². The molecule has 0 saturated carbocycles. The largest absolute Gasteiger partial charge is 0.336 e. The second-order valence-corrected chi connectivity index (χ2v) is 8.21. The summed E-state index contributed by atoms with van der Waals surface area (Å²) in [7, 11) is 0. The Balaban J connectivity index is 1.41. The molecular formula is C23H25F4N3O. The first-order chi connectivity index (χ1) is 14.9. The fraction of sp³-hybridized carbons (Fsp3) is 0.435. The molecule has 166 valence electrons. The fourth-order valence-electron chi connectivity index (χ4n) is 4.29. The highest BCUT2D eigenvalue weighted by Crippen LogP contribution is 2.29. The number of nitrogens with zero attached hydrogens (tertiary/aromatic N) is 3. The number of fused-ring (bicyclic) bond motifs is 1. The lowest BCUT2D eigenvalue weighted by Crippen LogP contribution is -2.64. The summed E-state index contributed by atoms with van der Waals surface area (Å²) in [6, 6.07) is 11.7. The van der Waals surface area contributed by atoms with Gasteiger partial charge in [0.15, 0.2) is 6.67 Å². The van der Waals surface area contributed by atoms with Crippen LogP contribution in [0.3, 0.4) is 0 Å². The molecule has 0 radical (unpaired) electrons. The van der Waals surface area contributed by atoms with Crippen LogP contribution in [0.5, 0.6) is 0 Å². The molecule has 0 N–H and O–H groups in total. The molecule has 1 atom stereocenters. The van der Waals surface area contributed by atoms with Crippen molar-refractivity contribution in [2.24, 2.45) is 0 Å². The summed E-state index contributed by atoms with van der Waals surface area (Å²) in [5.41, 5.74) is 1.22. The number of carbonyl (C=O) groups excluding carboxylic acids is 1. The molecule has 0 spiro atoms. The minimum atomic E-state index is -3.49. The standard InChI is InChI=1S/C23H25F4N3O/c24-16-23(26,27)19-3-1-2-18(12-19)13-28-8-9-29-10-11-30(22(31)21(29)15-28)14-17-4-6-20(25)7-5-17/h1-7,12,21H,8-11,13-16H2. The molecule has 2 fully saturated rings. The van der Waals surface area contributed by atoms with Crippen molar-refractivity contribution < 1.29 is 22.4 Å². The molecule has 31 heavy (non-hydrogen) atoms. The van der Waals surface area contributed by atoms with Gasteiger partial charge in [-0.05, 0) is 29.3 Å². The Morgan fingerprint density at radius 3 is 2.42 bits per heavy atom. The first kappa shape index (κ1) is 21.8. The predicted octanol–water partition coefficient (Wildman–Crippen LogP) is 3.42. The number of rotatable bonds is 6. The summed E-state index contributed by atoms with van der Waals surface area (Å²) in [4.78, 5) is 19.1. The third kappa shape index (κ3) is 4.91. The molecule has 8 heteroatoms. The van der Waals surface area contributed by atoms with Crippen LogP contribution in [-0.4, -0.2) is 66.0 Å². The van der Waals surface area contributed by atoms with Gasteiger partial charge in [-0.2, -0.15) is 8.78 Å². The minimum Gasteiger partial charge on any atom is -0.336 e. The zero-order valence-corrected chi connectivity index (χ0v) is 17.1. The first-order valence-electron chi connectivity index (χ1n) is 10.4. The Morgan fingerprint density at radius 2 is 1.68 bits per heavy atom. The van der Waals surface area contributed by atoms with E-state index >= 15 is 0 Å². The van der Waals surface area contributed by atoms with Gasteiger partial charge >= 0.3 is 5.92 Å². The van der Waals surface area contributed by atoms with Gasteiger partial charge in [0.25, 0.3) is 0 Å². The lowest BCUT2D eigenvalue weighted by atomic mass is 10.0. The molecule has 4 nitrogen and oxygen atoms in total. The Bertz CT molecular complexity index is 921. The van der Waals surface area contributed by atoms with E-state index in [-0.39, 0.29) is 23.3 Å². The molecule has 0 bridgehead atoms. The number of benzene rings is 2. The number of hydrogen-bond acceptors (Lipinski definition) is 3. The SMILES string of the molecule is O=C1C2CN(Cc3cccc(C(F)(F)CF)c3)CCN2CCN1Cc1ccc(F)cc1. The van der Waals surface area contributed by atoms with Gasteiger partial charge in [0.1, 0.15) is 11.9 Å². The maximum absolute atomic E-state index is 13.7. The van der Waals surface area contributed by atoms with E-state index in [4.69, 9.17) is 0 Å². The zero-order chi connectivity index (χ0) is 22.0. The third-order valence-corrected chi connectivity index (χ3v) is 6.04. The number of halogens is 4. The van der Waals surface area contributed by atoms with Crippen LogP contribution in [0.15, 0.2) is 48.5 Å². The van der Waals surface area contributed by atoms with Crippen LogP contribution in [0, 0.1) is 5.82 Å². The Morgan fingerprint density at radius 1 is 0.935 bits per heavy atom. The van der Waals surface area contributed by atoms with Gasteiger partial charge in [-0.25, -0.2) is 8.78 Å². The Hall–Kier alpha value is -2.45. The van der Waals surface area contributed by atoms with E-state index < -0.39 is 12.6 Å². The van der Waals surface area contributed by atoms with Crippen LogP contribution in [0.2, 0.25) is 0 Å². The molecule has 2 saturated heterocycles. The van der Waals surface area contributed by atoms with Crippen molar-refractivity contribution in [1.29, 1.82) is 0 Å². The molecule has 2 aromatic carbocycles. The molecule has 0 aromatic heterocycles. The quantitative estimate of drug-likeness (QED) is 0.651. The van der Waals surface area contributed by atoms with Gasteiger partial charge in [-0.3, -0.25) is 14.6 Å². The lowest BCUT2D eigenvalue weighted by Gasteiger charge is -2.46. The van der Waals surface area contributed by atoms with Gasteiger partial charge in [-0.15, -0.1) is 0 Å². The van der Waals surface area contributed by atoms with Crippen LogP contribution >= 0.6 is 0 Å². The third-order valence-electron chi connectivity index (χ3n) is 6.04.